The Hall–Kier alpha value is -1.66. The SMILES string of the molecule is COCc1cnc2n1CCN(Cc1c(C)noc1C)[C@@H]2C. The van der Waals surface area contributed by atoms with Crippen LogP contribution in [0, 0.1) is 13.8 Å². The van der Waals surface area contributed by atoms with E-state index < -0.39 is 0 Å². The van der Waals surface area contributed by atoms with Crippen LogP contribution in [0.4, 0.5) is 0 Å². The normalized spacial score (nSPS) is 19.0. The van der Waals surface area contributed by atoms with Crippen molar-refractivity contribution >= 4 is 0 Å². The van der Waals surface area contributed by atoms with Crippen LogP contribution in [0.3, 0.4) is 0 Å². The van der Waals surface area contributed by atoms with E-state index in [1.54, 1.807) is 7.11 Å². The van der Waals surface area contributed by atoms with Crippen LogP contribution in [0.5, 0.6) is 0 Å². The largest absolute Gasteiger partial charge is 0.378 e. The average molecular weight is 290 g/mol. The molecule has 3 heterocycles. The predicted molar refractivity (Wildman–Crippen MR) is 77.7 cm³/mol. The number of ether oxygens (including phenoxy) is 1. The summed E-state index contributed by atoms with van der Waals surface area (Å²) in [5, 5.41) is 4.04. The molecule has 0 spiro atoms. The highest BCUT2D eigenvalue weighted by Gasteiger charge is 2.28. The third-order valence-corrected chi connectivity index (χ3v) is 4.34. The average Bonchev–Trinajstić information content (AvgIpc) is 3.01. The topological polar surface area (TPSA) is 56.3 Å². The van der Waals surface area contributed by atoms with E-state index in [0.717, 1.165) is 42.6 Å². The highest BCUT2D eigenvalue weighted by atomic mass is 16.5. The fraction of sp³-hybridized carbons (Fsp3) is 0.600. The zero-order chi connectivity index (χ0) is 15.0. The van der Waals surface area contributed by atoms with Crippen LogP contribution in [0.1, 0.15) is 41.5 Å². The Morgan fingerprint density at radius 2 is 2.19 bits per heavy atom. The number of nitrogens with zero attached hydrogens (tertiary/aromatic N) is 4. The highest BCUT2D eigenvalue weighted by Crippen LogP contribution is 2.28. The van der Waals surface area contributed by atoms with E-state index in [4.69, 9.17) is 9.26 Å². The van der Waals surface area contributed by atoms with Crippen LogP contribution in [0.25, 0.3) is 0 Å². The molecule has 21 heavy (non-hydrogen) atoms. The van der Waals surface area contributed by atoms with Crippen molar-refractivity contribution in [1.82, 2.24) is 19.6 Å². The van der Waals surface area contributed by atoms with Gasteiger partial charge in [-0.1, -0.05) is 5.16 Å². The molecule has 114 valence electrons. The maximum absolute atomic E-state index is 5.26. The first-order valence-corrected chi connectivity index (χ1v) is 7.30. The summed E-state index contributed by atoms with van der Waals surface area (Å²) in [7, 11) is 1.72. The van der Waals surface area contributed by atoms with Crippen LogP contribution < -0.4 is 0 Å². The molecule has 0 fully saturated rings. The highest BCUT2D eigenvalue weighted by molar-refractivity contribution is 5.21. The molecule has 0 radical (unpaired) electrons. The van der Waals surface area contributed by atoms with Gasteiger partial charge in [0, 0.05) is 32.3 Å². The third kappa shape index (κ3) is 2.49. The number of hydrogen-bond donors (Lipinski definition) is 0. The van der Waals surface area contributed by atoms with Crippen LogP contribution in [-0.4, -0.2) is 33.3 Å². The van der Waals surface area contributed by atoms with Gasteiger partial charge in [0.2, 0.25) is 0 Å². The summed E-state index contributed by atoms with van der Waals surface area (Å²) in [4.78, 5) is 7.01. The van der Waals surface area contributed by atoms with Gasteiger partial charge in [0.15, 0.2) is 0 Å². The number of aryl methyl sites for hydroxylation is 2. The van der Waals surface area contributed by atoms with E-state index >= 15 is 0 Å². The molecule has 0 amide bonds. The van der Waals surface area contributed by atoms with Gasteiger partial charge in [0.05, 0.1) is 30.2 Å². The van der Waals surface area contributed by atoms with Gasteiger partial charge in [-0.2, -0.15) is 0 Å². The molecule has 2 aromatic heterocycles. The standard InChI is InChI=1S/C15H22N4O2/c1-10-14(12(3)21-17-10)8-18-5-6-19-13(9-20-4)7-16-15(19)11(18)2/h7,11H,5-6,8-9H2,1-4H3/t11-/m1/s1. The van der Waals surface area contributed by atoms with Crippen LogP contribution in [-0.2, 0) is 24.4 Å². The molecule has 2 aromatic rings. The Kier molecular flexibility index (Phi) is 3.82. The lowest BCUT2D eigenvalue weighted by Crippen LogP contribution is -2.37. The summed E-state index contributed by atoms with van der Waals surface area (Å²) in [6.07, 6.45) is 1.93. The molecule has 0 aromatic carbocycles. The minimum Gasteiger partial charge on any atom is -0.378 e. The van der Waals surface area contributed by atoms with Crippen molar-refractivity contribution in [3.8, 4) is 0 Å². The first kappa shape index (κ1) is 14.3. The van der Waals surface area contributed by atoms with E-state index in [0.29, 0.717) is 6.61 Å². The van der Waals surface area contributed by atoms with Crippen molar-refractivity contribution in [1.29, 1.82) is 0 Å². The monoisotopic (exact) mass is 290 g/mol. The van der Waals surface area contributed by atoms with Gasteiger partial charge < -0.3 is 13.8 Å². The first-order chi connectivity index (χ1) is 10.1. The van der Waals surface area contributed by atoms with E-state index in [-0.39, 0.29) is 6.04 Å². The molecule has 6 heteroatoms. The van der Waals surface area contributed by atoms with Crippen LogP contribution in [0.2, 0.25) is 0 Å². The van der Waals surface area contributed by atoms with Crippen molar-refractivity contribution in [2.45, 2.75) is 46.5 Å². The van der Waals surface area contributed by atoms with Gasteiger partial charge in [-0.25, -0.2) is 4.98 Å². The fourth-order valence-electron chi connectivity index (χ4n) is 3.01. The molecule has 6 nitrogen and oxygen atoms in total. The zero-order valence-corrected chi connectivity index (χ0v) is 13.1. The molecule has 0 bridgehead atoms. The van der Waals surface area contributed by atoms with E-state index in [2.05, 4.69) is 26.5 Å². The predicted octanol–water partition coefficient (Wildman–Crippen LogP) is 2.21. The van der Waals surface area contributed by atoms with Gasteiger partial charge in [0.25, 0.3) is 0 Å². The minimum absolute atomic E-state index is 0.276. The van der Waals surface area contributed by atoms with Crippen LogP contribution in [0.15, 0.2) is 10.7 Å². The third-order valence-electron chi connectivity index (χ3n) is 4.34. The molecule has 3 rings (SSSR count). The number of hydrogen-bond acceptors (Lipinski definition) is 5. The van der Waals surface area contributed by atoms with Gasteiger partial charge in [-0.3, -0.25) is 4.90 Å². The molecule has 0 unspecified atom stereocenters. The summed E-state index contributed by atoms with van der Waals surface area (Å²) in [6.45, 7) is 9.58. The van der Waals surface area contributed by atoms with E-state index in [9.17, 15) is 0 Å². The van der Waals surface area contributed by atoms with Crippen molar-refractivity contribution in [3.63, 3.8) is 0 Å². The summed E-state index contributed by atoms with van der Waals surface area (Å²) < 4.78 is 12.8. The van der Waals surface area contributed by atoms with Crippen molar-refractivity contribution in [2.75, 3.05) is 13.7 Å². The molecule has 0 saturated heterocycles. The van der Waals surface area contributed by atoms with E-state index in [1.807, 2.05) is 20.0 Å². The van der Waals surface area contributed by atoms with E-state index in [1.165, 1.54) is 5.56 Å². The Labute approximate surface area is 124 Å². The smallest absolute Gasteiger partial charge is 0.138 e. The van der Waals surface area contributed by atoms with Crippen molar-refractivity contribution in [3.05, 3.63) is 34.7 Å². The van der Waals surface area contributed by atoms with Gasteiger partial charge >= 0.3 is 0 Å². The van der Waals surface area contributed by atoms with Crippen molar-refractivity contribution in [2.24, 2.45) is 0 Å². The molecule has 0 saturated carbocycles. The first-order valence-electron chi connectivity index (χ1n) is 7.30. The molecular formula is C15H22N4O2. The van der Waals surface area contributed by atoms with Gasteiger partial charge in [-0.05, 0) is 20.8 Å². The molecule has 1 aliphatic heterocycles. The summed E-state index contributed by atoms with van der Waals surface area (Å²) in [5.74, 6) is 2.02. The second-order valence-electron chi connectivity index (χ2n) is 5.64. The quantitative estimate of drug-likeness (QED) is 0.864. The van der Waals surface area contributed by atoms with Crippen molar-refractivity contribution < 1.29 is 9.26 Å². The molecule has 0 N–H and O–H groups in total. The molecular weight excluding hydrogens is 268 g/mol. The van der Waals surface area contributed by atoms with Crippen LogP contribution >= 0.6 is 0 Å². The van der Waals surface area contributed by atoms with Gasteiger partial charge in [-0.15, -0.1) is 0 Å². The second kappa shape index (κ2) is 5.61. The lowest BCUT2D eigenvalue weighted by atomic mass is 10.1. The maximum atomic E-state index is 5.26. The summed E-state index contributed by atoms with van der Waals surface area (Å²) >= 11 is 0. The molecule has 1 atom stereocenters. The lowest BCUT2D eigenvalue weighted by Gasteiger charge is -2.34. The number of aromatic nitrogens is 3. The minimum atomic E-state index is 0.276. The Bertz CT molecular complexity index is 612. The maximum Gasteiger partial charge on any atom is 0.138 e. The Balaban J connectivity index is 1.81. The van der Waals surface area contributed by atoms with Gasteiger partial charge in [0.1, 0.15) is 11.6 Å². The number of methoxy groups -OCH3 is 1. The number of rotatable bonds is 4. The number of imidazole rings is 1. The summed E-state index contributed by atoms with van der Waals surface area (Å²) in [6, 6.07) is 0.276. The second-order valence-corrected chi connectivity index (χ2v) is 5.64. The molecule has 0 aliphatic carbocycles. The zero-order valence-electron chi connectivity index (χ0n) is 13.1. The lowest BCUT2D eigenvalue weighted by molar-refractivity contribution is 0.143. The molecule has 1 aliphatic rings. The summed E-state index contributed by atoms with van der Waals surface area (Å²) in [5.41, 5.74) is 3.32. The fourth-order valence-corrected chi connectivity index (χ4v) is 3.01. The Morgan fingerprint density at radius 1 is 1.38 bits per heavy atom. The number of fused-ring (bicyclic) bond motifs is 1. The Morgan fingerprint density at radius 3 is 2.86 bits per heavy atom.